The average molecular weight is 349 g/mol. The first-order chi connectivity index (χ1) is 12.6. The maximum atomic E-state index is 12.8. The van der Waals surface area contributed by atoms with E-state index in [0.29, 0.717) is 23.5 Å². The molecular formula is C17H15N7O2. The van der Waals surface area contributed by atoms with Crippen LogP contribution in [0.1, 0.15) is 11.4 Å². The summed E-state index contributed by atoms with van der Waals surface area (Å²) in [5, 5.41) is 10.7. The van der Waals surface area contributed by atoms with Crippen molar-refractivity contribution >= 4 is 22.7 Å². The van der Waals surface area contributed by atoms with E-state index < -0.39 is 0 Å². The zero-order chi connectivity index (χ0) is 18.1. The van der Waals surface area contributed by atoms with Gasteiger partial charge in [0.05, 0.1) is 5.52 Å². The Bertz CT molecular complexity index is 1160. The number of aromatic nitrogens is 6. The summed E-state index contributed by atoms with van der Waals surface area (Å²) in [6, 6.07) is 7.10. The lowest BCUT2D eigenvalue weighted by Gasteiger charge is -2.11. The Labute approximate surface area is 147 Å². The third-order valence-electron chi connectivity index (χ3n) is 4.07. The van der Waals surface area contributed by atoms with Crippen LogP contribution >= 0.6 is 0 Å². The molecule has 4 aromatic rings. The summed E-state index contributed by atoms with van der Waals surface area (Å²) in [4.78, 5) is 33.4. The normalized spacial score (nSPS) is 11.1. The predicted octanol–water partition coefficient (Wildman–Crippen LogP) is 0.459. The fourth-order valence-corrected chi connectivity index (χ4v) is 2.81. The van der Waals surface area contributed by atoms with E-state index in [4.69, 9.17) is 0 Å². The van der Waals surface area contributed by atoms with E-state index >= 15 is 0 Å². The average Bonchev–Trinajstić information content (AvgIpc) is 3.06. The molecule has 0 aliphatic rings. The fraction of sp³-hybridized carbons (Fsp3) is 0.176. The molecule has 0 atom stereocenters. The van der Waals surface area contributed by atoms with Gasteiger partial charge in [-0.25, -0.2) is 4.98 Å². The Morgan fingerprint density at radius 2 is 1.92 bits per heavy atom. The van der Waals surface area contributed by atoms with E-state index in [1.54, 1.807) is 42.0 Å². The molecule has 9 heteroatoms. The molecule has 0 aliphatic heterocycles. The highest BCUT2D eigenvalue weighted by molar-refractivity contribution is 5.80. The van der Waals surface area contributed by atoms with Gasteiger partial charge in [-0.15, -0.1) is 10.2 Å². The smallest absolute Gasteiger partial charge is 0.297 e. The molecule has 0 saturated carbocycles. The molecule has 4 rings (SSSR count). The van der Waals surface area contributed by atoms with Crippen LogP contribution in [0.5, 0.6) is 0 Å². The minimum atomic E-state index is -0.384. The summed E-state index contributed by atoms with van der Waals surface area (Å²) in [5.41, 5.74) is 1.77. The van der Waals surface area contributed by atoms with Gasteiger partial charge in [0.1, 0.15) is 12.4 Å². The van der Waals surface area contributed by atoms with Crippen LogP contribution in [0.2, 0.25) is 0 Å². The molecule has 0 aromatic carbocycles. The highest BCUT2D eigenvalue weighted by Crippen LogP contribution is 2.12. The summed E-state index contributed by atoms with van der Waals surface area (Å²) in [6.45, 7) is 1.98. The van der Waals surface area contributed by atoms with Crippen molar-refractivity contribution < 1.29 is 4.79 Å². The van der Waals surface area contributed by atoms with Gasteiger partial charge in [0, 0.05) is 25.1 Å². The van der Waals surface area contributed by atoms with Crippen molar-refractivity contribution in [2.24, 2.45) is 0 Å². The Kier molecular flexibility index (Phi) is 3.88. The molecule has 0 fully saturated rings. The van der Waals surface area contributed by atoms with Crippen molar-refractivity contribution in [2.45, 2.75) is 20.0 Å². The Hall–Kier alpha value is -3.62. The highest BCUT2D eigenvalue weighted by atomic mass is 16.2. The van der Waals surface area contributed by atoms with Crippen molar-refractivity contribution in [3.63, 3.8) is 0 Å². The molecule has 9 nitrogen and oxygen atoms in total. The third kappa shape index (κ3) is 2.69. The van der Waals surface area contributed by atoms with Gasteiger partial charge >= 0.3 is 0 Å². The standard InChI is InChI=1S/C17H15N7O2/c1-11-21-22-16-17(26)23(13-3-2-6-19-15(13)24(11)16)10-14(25)20-9-12-4-7-18-8-5-12/h2-8H,9-10H2,1H3,(H,20,25). The lowest BCUT2D eigenvalue weighted by atomic mass is 10.3. The van der Waals surface area contributed by atoms with Crippen molar-refractivity contribution in [3.8, 4) is 0 Å². The number of rotatable bonds is 4. The number of pyridine rings is 2. The number of aryl methyl sites for hydroxylation is 1. The molecule has 0 bridgehead atoms. The minimum Gasteiger partial charge on any atom is -0.350 e. The van der Waals surface area contributed by atoms with E-state index in [-0.39, 0.29) is 23.7 Å². The number of fused-ring (bicyclic) bond motifs is 3. The van der Waals surface area contributed by atoms with Crippen LogP contribution in [0.3, 0.4) is 0 Å². The van der Waals surface area contributed by atoms with Crippen LogP contribution in [0, 0.1) is 6.92 Å². The summed E-state index contributed by atoms with van der Waals surface area (Å²) >= 11 is 0. The zero-order valence-corrected chi connectivity index (χ0v) is 14.0. The number of carbonyl (C=O) groups excluding carboxylic acids is 1. The minimum absolute atomic E-state index is 0.130. The van der Waals surface area contributed by atoms with E-state index in [9.17, 15) is 9.59 Å². The maximum absolute atomic E-state index is 12.8. The van der Waals surface area contributed by atoms with Gasteiger partial charge in [-0.1, -0.05) is 0 Å². The largest absolute Gasteiger partial charge is 0.350 e. The molecule has 4 heterocycles. The molecule has 0 saturated heterocycles. The van der Waals surface area contributed by atoms with Crippen molar-refractivity contribution in [1.82, 2.24) is 34.4 Å². The summed E-state index contributed by atoms with van der Waals surface area (Å²) in [5.74, 6) is 0.282. The lowest BCUT2D eigenvalue weighted by molar-refractivity contribution is -0.121. The maximum Gasteiger partial charge on any atom is 0.297 e. The quantitative estimate of drug-likeness (QED) is 0.573. The first kappa shape index (κ1) is 15.9. The third-order valence-corrected chi connectivity index (χ3v) is 4.07. The summed E-state index contributed by atoms with van der Waals surface area (Å²) < 4.78 is 2.97. The van der Waals surface area contributed by atoms with Gasteiger partial charge in [-0.3, -0.25) is 23.5 Å². The van der Waals surface area contributed by atoms with Gasteiger partial charge in [0.2, 0.25) is 11.6 Å². The van der Waals surface area contributed by atoms with Crippen molar-refractivity contribution in [1.29, 1.82) is 0 Å². The first-order valence-corrected chi connectivity index (χ1v) is 8.00. The second-order valence-corrected chi connectivity index (χ2v) is 5.78. The molecule has 4 aromatic heterocycles. The molecule has 0 unspecified atom stereocenters. The van der Waals surface area contributed by atoms with Gasteiger partial charge in [-0.05, 0) is 36.8 Å². The topological polar surface area (TPSA) is 107 Å². The lowest BCUT2D eigenvalue weighted by Crippen LogP contribution is -2.33. The van der Waals surface area contributed by atoms with Crippen molar-refractivity contribution in [3.05, 3.63) is 64.6 Å². The van der Waals surface area contributed by atoms with Gasteiger partial charge in [0.15, 0.2) is 5.65 Å². The van der Waals surface area contributed by atoms with E-state index in [1.807, 2.05) is 12.1 Å². The van der Waals surface area contributed by atoms with Gasteiger partial charge in [-0.2, -0.15) is 0 Å². The zero-order valence-electron chi connectivity index (χ0n) is 14.0. The van der Waals surface area contributed by atoms with E-state index in [1.165, 1.54) is 4.57 Å². The molecular weight excluding hydrogens is 334 g/mol. The number of hydrogen-bond donors (Lipinski definition) is 1. The van der Waals surface area contributed by atoms with E-state index in [2.05, 4.69) is 25.5 Å². The SMILES string of the molecule is Cc1nnc2c(=O)n(CC(=O)NCc3ccncc3)c3cccnc3n12. The van der Waals surface area contributed by atoms with Gasteiger partial charge < -0.3 is 5.32 Å². The second-order valence-electron chi connectivity index (χ2n) is 5.78. The molecule has 0 radical (unpaired) electrons. The fourth-order valence-electron chi connectivity index (χ4n) is 2.81. The number of carbonyl (C=O) groups is 1. The monoisotopic (exact) mass is 349 g/mol. The Balaban J connectivity index is 1.70. The van der Waals surface area contributed by atoms with Crippen LogP contribution in [0.15, 0.2) is 47.7 Å². The molecule has 130 valence electrons. The Morgan fingerprint density at radius 3 is 2.73 bits per heavy atom. The van der Waals surface area contributed by atoms with Crippen LogP contribution in [0.4, 0.5) is 0 Å². The van der Waals surface area contributed by atoms with E-state index in [0.717, 1.165) is 5.56 Å². The van der Waals surface area contributed by atoms with Crippen LogP contribution in [-0.2, 0) is 17.9 Å². The highest BCUT2D eigenvalue weighted by Gasteiger charge is 2.17. The first-order valence-electron chi connectivity index (χ1n) is 8.00. The van der Waals surface area contributed by atoms with Crippen molar-refractivity contribution in [2.75, 3.05) is 0 Å². The van der Waals surface area contributed by atoms with Crippen LogP contribution in [0.25, 0.3) is 16.8 Å². The van der Waals surface area contributed by atoms with Gasteiger partial charge in [0.25, 0.3) is 5.56 Å². The summed E-state index contributed by atoms with van der Waals surface area (Å²) in [6.07, 6.45) is 4.94. The van der Waals surface area contributed by atoms with Crippen LogP contribution in [-0.4, -0.2) is 35.0 Å². The molecule has 26 heavy (non-hydrogen) atoms. The number of hydrogen-bond acceptors (Lipinski definition) is 6. The molecule has 0 spiro atoms. The van der Waals surface area contributed by atoms with Crippen LogP contribution < -0.4 is 10.9 Å². The molecule has 1 N–H and O–H groups in total. The molecule has 1 amide bonds. The molecule has 0 aliphatic carbocycles. The summed E-state index contributed by atoms with van der Waals surface area (Å²) in [7, 11) is 0. The number of nitrogens with one attached hydrogen (secondary N) is 1. The Morgan fingerprint density at radius 1 is 1.12 bits per heavy atom. The second kappa shape index (κ2) is 6.36. The predicted molar refractivity (Wildman–Crippen MR) is 93.4 cm³/mol. The number of amides is 1. The number of nitrogens with zero attached hydrogens (tertiary/aromatic N) is 6.